The summed E-state index contributed by atoms with van der Waals surface area (Å²) in [6.45, 7) is 1.26. The van der Waals surface area contributed by atoms with Crippen molar-refractivity contribution in [3.8, 4) is 0 Å². The molecular formula is C17H17F2N3OS. The Morgan fingerprint density at radius 3 is 2.83 bits per heavy atom. The lowest BCUT2D eigenvalue weighted by Crippen LogP contribution is -2.29. The van der Waals surface area contributed by atoms with E-state index in [0.717, 1.165) is 24.6 Å². The van der Waals surface area contributed by atoms with Crippen LogP contribution < -0.4 is 0 Å². The zero-order chi connectivity index (χ0) is 16.9. The first kappa shape index (κ1) is 16.8. The Bertz CT molecular complexity index is 699. The van der Waals surface area contributed by atoms with Crippen molar-refractivity contribution in [1.82, 2.24) is 14.9 Å². The Morgan fingerprint density at radius 2 is 2.08 bits per heavy atom. The number of nitrogens with zero attached hydrogens (tertiary/aromatic N) is 3. The number of likely N-dealkylation sites (tertiary alicyclic amines) is 1. The molecule has 1 unspecified atom stereocenters. The fourth-order valence-electron chi connectivity index (χ4n) is 2.65. The maximum absolute atomic E-state index is 12.7. The molecule has 1 fully saturated rings. The van der Waals surface area contributed by atoms with E-state index >= 15 is 0 Å². The third-order valence-electron chi connectivity index (χ3n) is 3.93. The van der Waals surface area contributed by atoms with Crippen LogP contribution in [0.4, 0.5) is 8.78 Å². The second kappa shape index (κ2) is 7.70. The highest BCUT2D eigenvalue weighted by Gasteiger charge is 2.28. The van der Waals surface area contributed by atoms with Gasteiger partial charge in [0.05, 0.1) is 0 Å². The molecule has 1 aromatic carbocycles. The van der Waals surface area contributed by atoms with Gasteiger partial charge in [-0.25, -0.2) is 18.7 Å². The summed E-state index contributed by atoms with van der Waals surface area (Å²) in [5.74, 6) is 1.03. The molecule has 4 nitrogen and oxygen atoms in total. The standard InChI is InChI=1S/C17H17F2N3OS/c18-16(19)14-8-15(21-11-20-14)17(23)22-7-6-12(9-22)10-24-13-4-2-1-3-5-13/h1-5,8,11-12,16H,6-7,9-10H2. The molecule has 1 amide bonds. The third-order valence-corrected chi connectivity index (χ3v) is 5.18. The summed E-state index contributed by atoms with van der Waals surface area (Å²) in [5, 5.41) is 0. The molecule has 0 radical (unpaired) electrons. The molecule has 126 valence electrons. The molecule has 0 aliphatic carbocycles. The van der Waals surface area contributed by atoms with Crippen LogP contribution in [0, 0.1) is 5.92 Å². The van der Waals surface area contributed by atoms with Crippen molar-refractivity contribution in [3.05, 3.63) is 54.1 Å². The minimum absolute atomic E-state index is 0.0386. The van der Waals surface area contributed by atoms with E-state index in [-0.39, 0.29) is 11.6 Å². The second-order valence-corrected chi connectivity index (χ2v) is 6.75. The Balaban J connectivity index is 1.57. The fourth-order valence-corrected chi connectivity index (χ4v) is 3.70. The highest BCUT2D eigenvalue weighted by atomic mass is 32.2. The van der Waals surface area contributed by atoms with Crippen molar-refractivity contribution in [1.29, 1.82) is 0 Å². The molecule has 0 spiro atoms. The Kier molecular flexibility index (Phi) is 5.40. The van der Waals surface area contributed by atoms with Crippen LogP contribution in [0.2, 0.25) is 0 Å². The smallest absolute Gasteiger partial charge is 0.280 e. The lowest BCUT2D eigenvalue weighted by Gasteiger charge is -2.16. The summed E-state index contributed by atoms with van der Waals surface area (Å²) in [4.78, 5) is 22.7. The molecule has 2 heterocycles. The van der Waals surface area contributed by atoms with Gasteiger partial charge in [0.2, 0.25) is 0 Å². The number of alkyl halides is 2. The molecule has 7 heteroatoms. The lowest BCUT2D eigenvalue weighted by atomic mass is 10.2. The van der Waals surface area contributed by atoms with E-state index in [2.05, 4.69) is 22.1 Å². The lowest BCUT2D eigenvalue weighted by molar-refractivity contribution is 0.0781. The van der Waals surface area contributed by atoms with E-state index in [1.165, 1.54) is 4.90 Å². The van der Waals surface area contributed by atoms with Crippen LogP contribution in [0.15, 0.2) is 47.6 Å². The van der Waals surface area contributed by atoms with Crippen molar-refractivity contribution >= 4 is 17.7 Å². The Morgan fingerprint density at radius 1 is 1.29 bits per heavy atom. The number of benzene rings is 1. The van der Waals surface area contributed by atoms with Crippen molar-refractivity contribution < 1.29 is 13.6 Å². The number of hydrogen-bond donors (Lipinski definition) is 0. The highest BCUT2D eigenvalue weighted by molar-refractivity contribution is 7.99. The number of halogens is 2. The van der Waals surface area contributed by atoms with Crippen LogP contribution in [0.1, 0.15) is 29.0 Å². The van der Waals surface area contributed by atoms with Crippen LogP contribution in [0.5, 0.6) is 0 Å². The normalized spacial score (nSPS) is 17.5. The Hall–Kier alpha value is -2.02. The highest BCUT2D eigenvalue weighted by Crippen LogP contribution is 2.26. The van der Waals surface area contributed by atoms with Gasteiger partial charge in [0.25, 0.3) is 12.3 Å². The summed E-state index contributed by atoms with van der Waals surface area (Å²) >= 11 is 1.77. The number of carbonyl (C=O) groups is 1. The Labute approximate surface area is 143 Å². The van der Waals surface area contributed by atoms with Crippen molar-refractivity contribution in [2.45, 2.75) is 17.7 Å². The van der Waals surface area contributed by atoms with Crippen molar-refractivity contribution in [2.75, 3.05) is 18.8 Å². The van der Waals surface area contributed by atoms with E-state index in [1.807, 2.05) is 18.2 Å². The first-order valence-corrected chi connectivity index (χ1v) is 8.69. The monoisotopic (exact) mass is 349 g/mol. The van der Waals surface area contributed by atoms with Gasteiger partial charge >= 0.3 is 0 Å². The molecule has 1 aliphatic heterocycles. The first-order chi connectivity index (χ1) is 11.6. The molecule has 24 heavy (non-hydrogen) atoms. The van der Waals surface area contributed by atoms with Crippen LogP contribution in [0.3, 0.4) is 0 Å². The van der Waals surface area contributed by atoms with Crippen LogP contribution in [-0.2, 0) is 0 Å². The summed E-state index contributed by atoms with van der Waals surface area (Å²) in [6.07, 6.45) is -0.764. The molecule has 1 atom stereocenters. The minimum atomic E-state index is -2.70. The van der Waals surface area contributed by atoms with Crippen LogP contribution >= 0.6 is 11.8 Å². The summed E-state index contributed by atoms with van der Waals surface area (Å²) < 4.78 is 25.4. The van der Waals surface area contributed by atoms with Gasteiger partial charge in [0, 0.05) is 23.7 Å². The number of carbonyl (C=O) groups excluding carboxylic acids is 1. The SMILES string of the molecule is O=C(c1cc(C(F)F)ncn1)N1CCC(CSc2ccccc2)C1. The second-order valence-electron chi connectivity index (χ2n) is 5.66. The molecule has 0 bridgehead atoms. The molecule has 1 saturated heterocycles. The van der Waals surface area contributed by atoms with Crippen molar-refractivity contribution in [3.63, 3.8) is 0 Å². The van der Waals surface area contributed by atoms with Gasteiger partial charge in [0.1, 0.15) is 17.7 Å². The van der Waals surface area contributed by atoms with Crippen LogP contribution in [0.25, 0.3) is 0 Å². The minimum Gasteiger partial charge on any atom is -0.337 e. The van der Waals surface area contributed by atoms with Gasteiger partial charge in [-0.15, -0.1) is 11.8 Å². The van der Waals surface area contributed by atoms with Gasteiger partial charge < -0.3 is 4.90 Å². The molecule has 0 N–H and O–H groups in total. The molecule has 2 aromatic rings. The topological polar surface area (TPSA) is 46.1 Å². The zero-order valence-corrected chi connectivity index (χ0v) is 13.8. The molecule has 1 aliphatic rings. The number of aromatic nitrogens is 2. The van der Waals surface area contributed by atoms with E-state index in [9.17, 15) is 13.6 Å². The number of hydrogen-bond acceptors (Lipinski definition) is 4. The van der Waals surface area contributed by atoms with Gasteiger partial charge in [-0.3, -0.25) is 4.79 Å². The van der Waals surface area contributed by atoms with Gasteiger partial charge in [0.15, 0.2) is 0 Å². The van der Waals surface area contributed by atoms with E-state index in [0.29, 0.717) is 19.0 Å². The fraction of sp³-hybridized carbons (Fsp3) is 0.353. The number of thioether (sulfide) groups is 1. The van der Waals surface area contributed by atoms with Gasteiger partial charge in [-0.2, -0.15) is 0 Å². The van der Waals surface area contributed by atoms with Gasteiger partial charge in [-0.05, 0) is 30.5 Å². The average molecular weight is 349 g/mol. The summed E-state index contributed by atoms with van der Waals surface area (Å²) in [7, 11) is 0. The van der Waals surface area contributed by atoms with E-state index < -0.39 is 12.1 Å². The van der Waals surface area contributed by atoms with Crippen LogP contribution in [-0.4, -0.2) is 39.6 Å². The first-order valence-electron chi connectivity index (χ1n) is 7.70. The predicted octanol–water partition coefficient (Wildman–Crippen LogP) is 3.67. The maximum Gasteiger partial charge on any atom is 0.280 e. The molecular weight excluding hydrogens is 332 g/mol. The number of rotatable bonds is 5. The zero-order valence-electron chi connectivity index (χ0n) is 12.9. The molecule has 3 rings (SSSR count). The van der Waals surface area contributed by atoms with Gasteiger partial charge in [-0.1, -0.05) is 18.2 Å². The third kappa shape index (κ3) is 4.08. The average Bonchev–Trinajstić information content (AvgIpc) is 3.09. The molecule has 0 saturated carbocycles. The van der Waals surface area contributed by atoms with Crippen molar-refractivity contribution in [2.24, 2.45) is 5.92 Å². The quantitative estimate of drug-likeness (QED) is 0.773. The maximum atomic E-state index is 12.7. The summed E-state index contributed by atoms with van der Waals surface area (Å²) in [6, 6.07) is 11.2. The predicted molar refractivity (Wildman–Crippen MR) is 88.2 cm³/mol. The molecule has 1 aromatic heterocycles. The number of amides is 1. The van der Waals surface area contributed by atoms with E-state index in [1.54, 1.807) is 16.7 Å². The summed E-state index contributed by atoms with van der Waals surface area (Å²) in [5.41, 5.74) is -0.375. The van der Waals surface area contributed by atoms with E-state index in [4.69, 9.17) is 0 Å². The largest absolute Gasteiger partial charge is 0.337 e.